The van der Waals surface area contributed by atoms with Crippen LogP contribution in [0.5, 0.6) is 5.75 Å². The quantitative estimate of drug-likeness (QED) is 0.937. The summed E-state index contributed by atoms with van der Waals surface area (Å²) in [7, 11) is 1.70. The molecule has 23 heavy (non-hydrogen) atoms. The first-order valence-electron chi connectivity index (χ1n) is 7.31. The molecule has 6 heteroatoms. The van der Waals surface area contributed by atoms with Crippen molar-refractivity contribution in [2.45, 2.75) is 19.6 Å². The molecule has 1 aliphatic heterocycles. The molecule has 0 saturated carbocycles. The van der Waals surface area contributed by atoms with Crippen LogP contribution in [0.2, 0.25) is 0 Å². The monoisotopic (exact) mass is 311 g/mol. The Morgan fingerprint density at radius 2 is 2.04 bits per heavy atom. The number of nitrogens with zero attached hydrogens (tertiary/aromatic N) is 2. The lowest BCUT2D eigenvalue weighted by molar-refractivity contribution is -0.125. The average molecular weight is 311 g/mol. The lowest BCUT2D eigenvalue weighted by Gasteiger charge is -2.30. The second-order valence-corrected chi connectivity index (χ2v) is 5.38. The summed E-state index contributed by atoms with van der Waals surface area (Å²) in [6.45, 7) is 2.12. The molecule has 0 bridgehead atoms. The minimum absolute atomic E-state index is 0.104. The van der Waals surface area contributed by atoms with Crippen molar-refractivity contribution in [3.8, 4) is 5.75 Å². The molecule has 1 aromatic heterocycles. The second kappa shape index (κ2) is 6.08. The fraction of sp³-hybridized carbons (Fsp3) is 0.235. The number of amides is 2. The van der Waals surface area contributed by atoms with E-state index < -0.39 is 6.10 Å². The van der Waals surface area contributed by atoms with Crippen molar-refractivity contribution in [1.29, 1.82) is 0 Å². The van der Waals surface area contributed by atoms with Crippen molar-refractivity contribution in [3.05, 3.63) is 53.9 Å². The Balaban J connectivity index is 1.75. The Bertz CT molecular complexity index is 746. The highest BCUT2D eigenvalue weighted by atomic mass is 16.5. The van der Waals surface area contributed by atoms with Crippen molar-refractivity contribution in [2.75, 3.05) is 11.9 Å². The molecule has 0 aliphatic carbocycles. The van der Waals surface area contributed by atoms with Crippen LogP contribution >= 0.6 is 0 Å². The maximum absolute atomic E-state index is 12.3. The Morgan fingerprint density at radius 3 is 2.78 bits per heavy atom. The van der Waals surface area contributed by atoms with E-state index in [0.717, 1.165) is 5.56 Å². The third kappa shape index (κ3) is 3.01. The van der Waals surface area contributed by atoms with E-state index >= 15 is 0 Å². The number of ether oxygens (including phenoxy) is 1. The zero-order chi connectivity index (χ0) is 16.4. The van der Waals surface area contributed by atoms with Crippen LogP contribution in [0.25, 0.3) is 0 Å². The number of anilines is 1. The predicted molar refractivity (Wildman–Crippen MR) is 85.3 cm³/mol. The molecule has 1 aliphatic rings. The van der Waals surface area contributed by atoms with Gasteiger partial charge in [0, 0.05) is 31.5 Å². The number of hydrogen-bond donors (Lipinski definition) is 1. The minimum Gasteiger partial charge on any atom is -0.479 e. The van der Waals surface area contributed by atoms with Crippen LogP contribution in [-0.2, 0) is 11.3 Å². The third-order valence-corrected chi connectivity index (χ3v) is 3.77. The molecular formula is C17H17N3O3. The summed E-state index contributed by atoms with van der Waals surface area (Å²) >= 11 is 0. The van der Waals surface area contributed by atoms with Gasteiger partial charge in [0.05, 0.1) is 5.69 Å². The topological polar surface area (TPSA) is 71.5 Å². The van der Waals surface area contributed by atoms with E-state index in [4.69, 9.17) is 4.74 Å². The SMILES string of the molecule is CC1Oc2cc(C(=O)NCc3ccncc3)ccc2N(C)C1=O. The Labute approximate surface area is 134 Å². The Morgan fingerprint density at radius 1 is 1.30 bits per heavy atom. The van der Waals surface area contributed by atoms with Gasteiger partial charge < -0.3 is 15.0 Å². The van der Waals surface area contributed by atoms with Gasteiger partial charge in [-0.2, -0.15) is 0 Å². The van der Waals surface area contributed by atoms with Crippen molar-refractivity contribution in [2.24, 2.45) is 0 Å². The number of pyridine rings is 1. The number of likely N-dealkylation sites (N-methyl/N-ethyl adjacent to an activating group) is 1. The van der Waals surface area contributed by atoms with Crippen LogP contribution in [0.1, 0.15) is 22.8 Å². The molecule has 0 saturated heterocycles. The number of hydrogen-bond acceptors (Lipinski definition) is 4. The van der Waals surface area contributed by atoms with Crippen LogP contribution in [0, 0.1) is 0 Å². The maximum Gasteiger partial charge on any atom is 0.267 e. The summed E-state index contributed by atoms with van der Waals surface area (Å²) in [5, 5.41) is 2.85. The van der Waals surface area contributed by atoms with Gasteiger partial charge in [0.15, 0.2) is 6.10 Å². The minimum atomic E-state index is -0.553. The molecule has 2 aromatic rings. The largest absolute Gasteiger partial charge is 0.479 e. The van der Waals surface area contributed by atoms with Crippen LogP contribution in [0.3, 0.4) is 0 Å². The summed E-state index contributed by atoms with van der Waals surface area (Å²) < 4.78 is 5.59. The van der Waals surface area contributed by atoms with E-state index in [9.17, 15) is 9.59 Å². The van der Waals surface area contributed by atoms with E-state index in [1.54, 1.807) is 49.5 Å². The molecule has 1 atom stereocenters. The summed E-state index contributed by atoms with van der Waals surface area (Å²) in [5.74, 6) is 0.240. The predicted octanol–water partition coefficient (Wildman–Crippen LogP) is 1.76. The number of nitrogens with one attached hydrogen (secondary N) is 1. The lowest BCUT2D eigenvalue weighted by Crippen LogP contribution is -2.42. The van der Waals surface area contributed by atoms with Crippen LogP contribution in [0.4, 0.5) is 5.69 Å². The highest BCUT2D eigenvalue weighted by Crippen LogP contribution is 2.33. The number of aromatic nitrogens is 1. The van der Waals surface area contributed by atoms with Gasteiger partial charge in [0.1, 0.15) is 5.75 Å². The normalized spacial score (nSPS) is 16.5. The van der Waals surface area contributed by atoms with Crippen molar-refractivity contribution < 1.29 is 14.3 Å². The highest BCUT2D eigenvalue weighted by molar-refractivity contribution is 6.01. The molecule has 0 spiro atoms. The molecule has 2 heterocycles. The fourth-order valence-corrected chi connectivity index (χ4v) is 2.44. The zero-order valence-electron chi connectivity index (χ0n) is 12.9. The molecule has 118 valence electrons. The van der Waals surface area contributed by atoms with E-state index in [0.29, 0.717) is 23.5 Å². The molecule has 1 aromatic carbocycles. The lowest BCUT2D eigenvalue weighted by atomic mass is 10.1. The number of carbonyl (C=O) groups excluding carboxylic acids is 2. The standard InChI is InChI=1S/C17H17N3O3/c1-11-17(22)20(2)14-4-3-13(9-15(14)23-11)16(21)19-10-12-5-7-18-8-6-12/h3-9,11H,10H2,1-2H3,(H,19,21). The summed E-state index contributed by atoms with van der Waals surface area (Å²) in [6.07, 6.45) is 2.81. The highest BCUT2D eigenvalue weighted by Gasteiger charge is 2.29. The Hall–Kier alpha value is -2.89. The summed E-state index contributed by atoms with van der Waals surface area (Å²) in [4.78, 5) is 29.6. The molecule has 2 amide bonds. The van der Waals surface area contributed by atoms with Crippen molar-refractivity contribution >= 4 is 17.5 Å². The Kier molecular flexibility index (Phi) is 3.97. The average Bonchev–Trinajstić information content (AvgIpc) is 2.58. The van der Waals surface area contributed by atoms with E-state index in [1.165, 1.54) is 0 Å². The first-order valence-corrected chi connectivity index (χ1v) is 7.31. The summed E-state index contributed by atoms with van der Waals surface area (Å²) in [6, 6.07) is 8.76. The zero-order valence-corrected chi connectivity index (χ0v) is 12.9. The number of benzene rings is 1. The van der Waals surface area contributed by atoms with Crippen LogP contribution < -0.4 is 15.0 Å². The molecular weight excluding hydrogens is 294 g/mol. The molecule has 0 radical (unpaired) electrons. The fourth-order valence-electron chi connectivity index (χ4n) is 2.44. The van der Waals surface area contributed by atoms with Gasteiger partial charge in [0.25, 0.3) is 11.8 Å². The third-order valence-electron chi connectivity index (χ3n) is 3.77. The van der Waals surface area contributed by atoms with Crippen LogP contribution in [0.15, 0.2) is 42.7 Å². The van der Waals surface area contributed by atoms with Gasteiger partial charge in [-0.1, -0.05) is 0 Å². The first kappa shape index (κ1) is 15.0. The van der Waals surface area contributed by atoms with E-state index in [-0.39, 0.29) is 11.8 Å². The van der Waals surface area contributed by atoms with E-state index in [2.05, 4.69) is 10.3 Å². The number of carbonyl (C=O) groups is 2. The summed E-state index contributed by atoms with van der Waals surface area (Å²) in [5.41, 5.74) is 2.13. The molecule has 0 fully saturated rings. The van der Waals surface area contributed by atoms with Gasteiger partial charge in [-0.25, -0.2) is 0 Å². The molecule has 1 unspecified atom stereocenters. The first-order chi connectivity index (χ1) is 11.1. The molecule has 1 N–H and O–H groups in total. The van der Waals surface area contributed by atoms with Gasteiger partial charge in [-0.15, -0.1) is 0 Å². The smallest absolute Gasteiger partial charge is 0.267 e. The van der Waals surface area contributed by atoms with Gasteiger partial charge in [0.2, 0.25) is 0 Å². The van der Waals surface area contributed by atoms with Gasteiger partial charge in [-0.05, 0) is 42.8 Å². The van der Waals surface area contributed by atoms with Gasteiger partial charge in [-0.3, -0.25) is 14.6 Å². The van der Waals surface area contributed by atoms with Crippen LogP contribution in [-0.4, -0.2) is 29.9 Å². The van der Waals surface area contributed by atoms with Crippen molar-refractivity contribution in [1.82, 2.24) is 10.3 Å². The second-order valence-electron chi connectivity index (χ2n) is 5.38. The molecule has 3 rings (SSSR count). The number of rotatable bonds is 3. The number of fused-ring (bicyclic) bond motifs is 1. The van der Waals surface area contributed by atoms with Crippen molar-refractivity contribution in [3.63, 3.8) is 0 Å². The van der Waals surface area contributed by atoms with Gasteiger partial charge >= 0.3 is 0 Å². The molecule has 6 nitrogen and oxygen atoms in total. The maximum atomic E-state index is 12.3. The van der Waals surface area contributed by atoms with E-state index in [1.807, 2.05) is 12.1 Å².